The fourth-order valence-electron chi connectivity index (χ4n) is 2.15. The second-order valence-corrected chi connectivity index (χ2v) is 8.05. The van der Waals surface area contributed by atoms with E-state index in [1.807, 2.05) is 17.8 Å². The van der Waals surface area contributed by atoms with Gasteiger partial charge >= 0.3 is 0 Å². The Kier molecular flexibility index (Phi) is 8.01. The molecule has 0 bridgehead atoms. The number of hydrogen-bond acceptors (Lipinski definition) is 2. The van der Waals surface area contributed by atoms with Crippen LogP contribution in [0.4, 0.5) is 0 Å². The molecule has 0 heterocycles. The summed E-state index contributed by atoms with van der Waals surface area (Å²) in [6.07, 6.45) is 2.48. The van der Waals surface area contributed by atoms with Crippen molar-refractivity contribution in [3.63, 3.8) is 0 Å². The Morgan fingerprint density at radius 2 is 2.05 bits per heavy atom. The molecule has 0 amide bonds. The summed E-state index contributed by atoms with van der Waals surface area (Å²) in [5, 5.41) is 4.47. The minimum Gasteiger partial charge on any atom is -0.311 e. The molecule has 1 aromatic carbocycles. The maximum Gasteiger partial charge on any atom is 0.0408 e. The van der Waals surface area contributed by atoms with Gasteiger partial charge in [0.15, 0.2) is 0 Å². The fraction of sp³-hybridized carbons (Fsp3) is 0.647. The second kappa shape index (κ2) is 8.96. The van der Waals surface area contributed by atoms with E-state index < -0.39 is 0 Å². The van der Waals surface area contributed by atoms with Crippen molar-refractivity contribution in [1.82, 2.24) is 5.32 Å². The van der Waals surface area contributed by atoms with Gasteiger partial charge in [-0.25, -0.2) is 0 Å². The highest BCUT2D eigenvalue weighted by Crippen LogP contribution is 2.25. The lowest BCUT2D eigenvalue weighted by molar-refractivity contribution is 0.398. The quantitative estimate of drug-likeness (QED) is 0.650. The zero-order chi connectivity index (χ0) is 15.0. The van der Waals surface area contributed by atoms with E-state index in [0.717, 1.165) is 11.6 Å². The van der Waals surface area contributed by atoms with Crippen LogP contribution in [0, 0.1) is 0 Å². The van der Waals surface area contributed by atoms with Crippen molar-refractivity contribution >= 4 is 23.4 Å². The Labute approximate surface area is 133 Å². The lowest BCUT2D eigenvalue weighted by Gasteiger charge is -2.26. The summed E-state index contributed by atoms with van der Waals surface area (Å²) in [6.45, 7) is 9.89. The average molecular weight is 314 g/mol. The molecule has 0 saturated carbocycles. The fourth-order valence-corrected chi connectivity index (χ4v) is 3.01. The molecule has 0 fully saturated rings. The Morgan fingerprint density at radius 3 is 2.65 bits per heavy atom. The molecule has 1 aromatic rings. The molecule has 0 radical (unpaired) electrons. The number of hydrogen-bond donors (Lipinski definition) is 1. The third-order valence-corrected chi connectivity index (χ3v) is 4.46. The predicted molar refractivity (Wildman–Crippen MR) is 94.2 cm³/mol. The summed E-state index contributed by atoms with van der Waals surface area (Å²) in [5.41, 5.74) is 1.52. The Morgan fingerprint density at radius 1 is 1.30 bits per heavy atom. The van der Waals surface area contributed by atoms with Crippen molar-refractivity contribution in [3.05, 3.63) is 34.9 Å². The highest BCUT2D eigenvalue weighted by molar-refractivity contribution is 7.99. The first-order valence-corrected chi connectivity index (χ1v) is 9.04. The van der Waals surface area contributed by atoms with E-state index >= 15 is 0 Å². The van der Waals surface area contributed by atoms with Gasteiger partial charge in [-0.2, -0.15) is 11.8 Å². The minimum absolute atomic E-state index is 0.162. The molecule has 0 spiro atoms. The van der Waals surface area contributed by atoms with E-state index in [-0.39, 0.29) is 5.54 Å². The highest BCUT2D eigenvalue weighted by Gasteiger charge is 2.16. The van der Waals surface area contributed by atoms with Crippen LogP contribution in [0.15, 0.2) is 24.3 Å². The monoisotopic (exact) mass is 313 g/mol. The molecule has 0 aliphatic heterocycles. The number of thioether (sulfide) groups is 1. The second-order valence-electron chi connectivity index (χ2n) is 6.22. The molecule has 0 aliphatic carbocycles. The van der Waals surface area contributed by atoms with Gasteiger partial charge in [-0.1, -0.05) is 30.7 Å². The van der Waals surface area contributed by atoms with Crippen molar-refractivity contribution in [2.45, 2.75) is 52.0 Å². The van der Waals surface area contributed by atoms with E-state index in [1.165, 1.54) is 29.9 Å². The Hall–Kier alpha value is -0.180. The van der Waals surface area contributed by atoms with Crippen molar-refractivity contribution in [2.24, 2.45) is 0 Å². The number of halogens is 1. The van der Waals surface area contributed by atoms with Crippen molar-refractivity contribution in [3.8, 4) is 0 Å². The van der Waals surface area contributed by atoms with Crippen LogP contribution in [0.1, 0.15) is 52.0 Å². The van der Waals surface area contributed by atoms with E-state index in [1.54, 1.807) is 0 Å². The molecule has 1 atom stereocenters. The van der Waals surface area contributed by atoms with Gasteiger partial charge in [-0.15, -0.1) is 0 Å². The molecule has 0 aromatic heterocycles. The zero-order valence-corrected chi connectivity index (χ0v) is 14.8. The SMILES string of the molecule is CCSCCCC(CNC(C)(C)C)c1cccc(Cl)c1. The van der Waals surface area contributed by atoms with Crippen molar-refractivity contribution < 1.29 is 0 Å². The Balaban J connectivity index is 2.63. The number of benzene rings is 1. The smallest absolute Gasteiger partial charge is 0.0408 e. The highest BCUT2D eigenvalue weighted by atomic mass is 35.5. The van der Waals surface area contributed by atoms with E-state index in [9.17, 15) is 0 Å². The van der Waals surface area contributed by atoms with Crippen LogP contribution in [0.3, 0.4) is 0 Å². The van der Waals surface area contributed by atoms with Gasteiger partial charge < -0.3 is 5.32 Å². The third kappa shape index (κ3) is 7.56. The number of nitrogens with one attached hydrogen (secondary N) is 1. The lowest BCUT2D eigenvalue weighted by Crippen LogP contribution is -2.38. The molecule has 1 unspecified atom stereocenters. The van der Waals surface area contributed by atoms with Gasteiger partial charge in [0.2, 0.25) is 0 Å². The molecular weight excluding hydrogens is 286 g/mol. The summed E-state index contributed by atoms with van der Waals surface area (Å²) < 4.78 is 0. The predicted octanol–water partition coefficient (Wildman–Crippen LogP) is 5.35. The maximum absolute atomic E-state index is 6.14. The molecule has 1 N–H and O–H groups in total. The molecule has 1 nitrogen and oxygen atoms in total. The number of rotatable bonds is 8. The van der Waals surface area contributed by atoms with Crippen LogP contribution in [0.5, 0.6) is 0 Å². The average Bonchev–Trinajstić information content (AvgIpc) is 2.36. The van der Waals surface area contributed by atoms with E-state index in [0.29, 0.717) is 5.92 Å². The largest absolute Gasteiger partial charge is 0.311 e. The van der Waals surface area contributed by atoms with Gasteiger partial charge in [0.1, 0.15) is 0 Å². The van der Waals surface area contributed by atoms with Crippen LogP contribution in [0.25, 0.3) is 0 Å². The van der Waals surface area contributed by atoms with Gasteiger partial charge in [-0.05, 0) is 68.7 Å². The first-order valence-electron chi connectivity index (χ1n) is 7.50. The zero-order valence-electron chi connectivity index (χ0n) is 13.2. The summed E-state index contributed by atoms with van der Waals surface area (Å²) >= 11 is 8.16. The van der Waals surface area contributed by atoms with Crippen molar-refractivity contribution in [1.29, 1.82) is 0 Å². The first-order chi connectivity index (χ1) is 9.42. The van der Waals surface area contributed by atoms with Crippen LogP contribution >= 0.6 is 23.4 Å². The Bertz CT molecular complexity index is 387. The standard InChI is InChI=1S/C17H28ClNS/c1-5-20-11-7-9-15(13-19-17(2,3)4)14-8-6-10-16(18)12-14/h6,8,10,12,15,19H,5,7,9,11,13H2,1-4H3. The van der Waals surface area contributed by atoms with Crippen LogP contribution in [0.2, 0.25) is 5.02 Å². The van der Waals surface area contributed by atoms with Gasteiger partial charge in [0, 0.05) is 17.1 Å². The molecule has 0 aliphatic rings. The molecule has 0 saturated heterocycles. The van der Waals surface area contributed by atoms with Gasteiger partial charge in [0.25, 0.3) is 0 Å². The third-order valence-electron chi connectivity index (χ3n) is 3.24. The normalized spacial score (nSPS) is 13.4. The van der Waals surface area contributed by atoms with Gasteiger partial charge in [0.05, 0.1) is 0 Å². The summed E-state index contributed by atoms with van der Waals surface area (Å²) in [5.74, 6) is 3.01. The summed E-state index contributed by atoms with van der Waals surface area (Å²) in [4.78, 5) is 0. The first kappa shape index (κ1) is 17.9. The van der Waals surface area contributed by atoms with Gasteiger partial charge in [-0.3, -0.25) is 0 Å². The molecule has 1 rings (SSSR count). The minimum atomic E-state index is 0.162. The summed E-state index contributed by atoms with van der Waals surface area (Å²) in [7, 11) is 0. The van der Waals surface area contributed by atoms with E-state index in [4.69, 9.17) is 11.6 Å². The van der Waals surface area contributed by atoms with Crippen LogP contribution < -0.4 is 5.32 Å². The molecular formula is C17H28ClNS. The lowest BCUT2D eigenvalue weighted by atomic mass is 9.93. The molecule has 3 heteroatoms. The summed E-state index contributed by atoms with van der Waals surface area (Å²) in [6, 6.07) is 8.33. The van der Waals surface area contributed by atoms with Crippen LogP contribution in [-0.4, -0.2) is 23.6 Å². The topological polar surface area (TPSA) is 12.0 Å². The van der Waals surface area contributed by atoms with Crippen molar-refractivity contribution in [2.75, 3.05) is 18.1 Å². The van der Waals surface area contributed by atoms with E-state index in [2.05, 4.69) is 51.2 Å². The maximum atomic E-state index is 6.14. The van der Waals surface area contributed by atoms with Crippen LogP contribution in [-0.2, 0) is 0 Å². The molecule has 114 valence electrons. The molecule has 20 heavy (non-hydrogen) atoms.